The maximum Gasteiger partial charge on any atom is 0.259 e. The lowest BCUT2D eigenvalue weighted by Gasteiger charge is -2.02. The van der Waals surface area contributed by atoms with E-state index in [1.54, 1.807) is 6.20 Å². The number of amides is 1. The Morgan fingerprint density at radius 2 is 2.30 bits per heavy atom. The molecule has 2 aliphatic rings. The van der Waals surface area contributed by atoms with Crippen LogP contribution in [0.1, 0.15) is 46.2 Å². The number of fused-ring (bicyclic) bond motifs is 1. The van der Waals surface area contributed by atoms with Gasteiger partial charge in [0, 0.05) is 29.2 Å². The molecule has 20 heavy (non-hydrogen) atoms. The third kappa shape index (κ3) is 2.19. The fourth-order valence-corrected chi connectivity index (χ4v) is 2.78. The zero-order valence-electron chi connectivity index (χ0n) is 10.6. The number of carbonyl (C=O) groups is 1. The third-order valence-corrected chi connectivity index (χ3v) is 4.07. The number of carbonyl (C=O) groups excluding carboxylic acids is 1. The van der Waals surface area contributed by atoms with E-state index in [1.165, 1.54) is 11.5 Å². The Morgan fingerprint density at radius 1 is 1.40 bits per heavy atom. The standard InChI is InChI=1S/C13H12N4O2S/c18-12(8-3-9-5-19-6-10(9)14-4-8)16-13-15-11(17-20-13)7-1-2-7/h3-4,7H,1-2,5-6H2,(H,15,16,17,18). The highest BCUT2D eigenvalue weighted by Crippen LogP contribution is 2.39. The molecule has 0 aromatic carbocycles. The normalized spacial score (nSPS) is 17.0. The Balaban J connectivity index is 1.51. The van der Waals surface area contributed by atoms with Crippen LogP contribution in [0, 0.1) is 0 Å². The highest BCUT2D eigenvalue weighted by atomic mass is 32.1. The number of ether oxygens (including phenoxy) is 1. The van der Waals surface area contributed by atoms with Crippen LogP contribution in [0.25, 0.3) is 0 Å². The molecule has 0 saturated heterocycles. The van der Waals surface area contributed by atoms with Gasteiger partial charge >= 0.3 is 0 Å². The van der Waals surface area contributed by atoms with Gasteiger partial charge in [-0.2, -0.15) is 4.37 Å². The van der Waals surface area contributed by atoms with Gasteiger partial charge in [-0.25, -0.2) is 4.98 Å². The van der Waals surface area contributed by atoms with Crippen molar-refractivity contribution >= 4 is 22.6 Å². The van der Waals surface area contributed by atoms with E-state index in [0.29, 0.717) is 29.8 Å². The number of hydrogen-bond acceptors (Lipinski definition) is 6. The number of anilines is 1. The fraction of sp³-hybridized carbons (Fsp3) is 0.385. The number of aromatic nitrogens is 3. The molecular weight excluding hydrogens is 276 g/mol. The summed E-state index contributed by atoms with van der Waals surface area (Å²) < 4.78 is 9.55. The lowest BCUT2D eigenvalue weighted by molar-refractivity contribution is 0.102. The predicted octanol–water partition coefficient (Wildman–Crippen LogP) is 2.09. The lowest BCUT2D eigenvalue weighted by atomic mass is 10.1. The first kappa shape index (κ1) is 11.9. The lowest BCUT2D eigenvalue weighted by Crippen LogP contribution is -2.12. The smallest absolute Gasteiger partial charge is 0.259 e. The Hall–Kier alpha value is -1.86. The molecule has 7 heteroatoms. The van der Waals surface area contributed by atoms with Crippen LogP contribution in [0.5, 0.6) is 0 Å². The minimum atomic E-state index is -0.203. The van der Waals surface area contributed by atoms with Crippen molar-refractivity contribution in [3.63, 3.8) is 0 Å². The Kier molecular flexibility index (Phi) is 2.75. The van der Waals surface area contributed by atoms with Crippen molar-refractivity contribution < 1.29 is 9.53 Å². The third-order valence-electron chi connectivity index (χ3n) is 3.42. The second kappa shape index (κ2) is 4.60. The zero-order chi connectivity index (χ0) is 13.5. The van der Waals surface area contributed by atoms with E-state index in [4.69, 9.17) is 4.74 Å². The highest BCUT2D eigenvalue weighted by Gasteiger charge is 2.28. The van der Waals surface area contributed by atoms with Crippen LogP contribution in [0.15, 0.2) is 12.3 Å². The number of nitrogens with one attached hydrogen (secondary N) is 1. The van der Waals surface area contributed by atoms with E-state index in [9.17, 15) is 4.79 Å². The molecule has 2 aromatic heterocycles. The molecule has 1 aliphatic carbocycles. The number of pyridine rings is 1. The summed E-state index contributed by atoms with van der Waals surface area (Å²) in [6.07, 6.45) is 3.88. The molecule has 1 N–H and O–H groups in total. The predicted molar refractivity (Wildman–Crippen MR) is 72.6 cm³/mol. The van der Waals surface area contributed by atoms with Crippen LogP contribution in [-0.4, -0.2) is 20.2 Å². The van der Waals surface area contributed by atoms with Crippen molar-refractivity contribution in [1.29, 1.82) is 0 Å². The highest BCUT2D eigenvalue weighted by molar-refractivity contribution is 7.09. The Labute approximate surface area is 119 Å². The first-order chi connectivity index (χ1) is 9.79. The first-order valence-corrected chi connectivity index (χ1v) is 7.27. The molecule has 4 rings (SSSR count). The van der Waals surface area contributed by atoms with Crippen molar-refractivity contribution in [2.45, 2.75) is 32.0 Å². The van der Waals surface area contributed by atoms with E-state index in [0.717, 1.165) is 29.9 Å². The minimum Gasteiger partial charge on any atom is -0.370 e. The van der Waals surface area contributed by atoms with Gasteiger partial charge < -0.3 is 4.74 Å². The summed E-state index contributed by atoms with van der Waals surface area (Å²) in [4.78, 5) is 20.7. The molecule has 0 unspecified atom stereocenters. The molecule has 1 aliphatic heterocycles. The van der Waals surface area contributed by atoms with Crippen molar-refractivity contribution in [3.8, 4) is 0 Å². The van der Waals surface area contributed by atoms with Gasteiger partial charge in [0.1, 0.15) is 5.82 Å². The summed E-state index contributed by atoms with van der Waals surface area (Å²) in [6, 6.07) is 1.83. The number of hydrogen-bond donors (Lipinski definition) is 1. The molecule has 0 atom stereocenters. The SMILES string of the molecule is O=C(Nc1nc(C2CC2)ns1)c1cnc2c(c1)COC2. The summed E-state index contributed by atoms with van der Waals surface area (Å²) in [5.41, 5.74) is 2.42. The maximum atomic E-state index is 12.2. The molecule has 1 amide bonds. The second-order valence-corrected chi connectivity index (χ2v) is 5.76. The number of nitrogens with zero attached hydrogens (tertiary/aromatic N) is 3. The zero-order valence-corrected chi connectivity index (χ0v) is 11.4. The molecule has 0 radical (unpaired) electrons. The van der Waals surface area contributed by atoms with Gasteiger partial charge in [-0.3, -0.25) is 15.1 Å². The molecule has 1 fully saturated rings. The van der Waals surface area contributed by atoms with Crippen molar-refractivity contribution in [2.24, 2.45) is 0 Å². The summed E-state index contributed by atoms with van der Waals surface area (Å²) in [6.45, 7) is 1.05. The molecule has 0 spiro atoms. The van der Waals surface area contributed by atoms with Crippen LogP contribution >= 0.6 is 11.5 Å². The van der Waals surface area contributed by atoms with Gasteiger partial charge in [-0.15, -0.1) is 0 Å². The van der Waals surface area contributed by atoms with Crippen LogP contribution < -0.4 is 5.32 Å². The molecular formula is C13H12N4O2S. The van der Waals surface area contributed by atoms with Crippen molar-refractivity contribution in [2.75, 3.05) is 5.32 Å². The van der Waals surface area contributed by atoms with E-state index >= 15 is 0 Å². The first-order valence-electron chi connectivity index (χ1n) is 6.50. The minimum absolute atomic E-state index is 0.203. The topological polar surface area (TPSA) is 77.0 Å². The monoisotopic (exact) mass is 288 g/mol. The molecule has 3 heterocycles. The summed E-state index contributed by atoms with van der Waals surface area (Å²) in [5.74, 6) is 1.15. The molecule has 6 nitrogen and oxygen atoms in total. The van der Waals surface area contributed by atoms with E-state index in [-0.39, 0.29) is 5.91 Å². The summed E-state index contributed by atoms with van der Waals surface area (Å²) >= 11 is 1.23. The average molecular weight is 288 g/mol. The second-order valence-electron chi connectivity index (χ2n) is 5.01. The van der Waals surface area contributed by atoms with Gasteiger partial charge in [0.2, 0.25) is 5.13 Å². The van der Waals surface area contributed by atoms with Crippen molar-refractivity contribution in [3.05, 3.63) is 34.9 Å². The van der Waals surface area contributed by atoms with E-state index in [2.05, 4.69) is 19.7 Å². The van der Waals surface area contributed by atoms with Crippen LogP contribution in [0.3, 0.4) is 0 Å². The Morgan fingerprint density at radius 3 is 3.15 bits per heavy atom. The molecule has 0 bridgehead atoms. The quantitative estimate of drug-likeness (QED) is 0.935. The van der Waals surface area contributed by atoms with Gasteiger partial charge in [-0.1, -0.05) is 0 Å². The van der Waals surface area contributed by atoms with Crippen LogP contribution in [0.4, 0.5) is 5.13 Å². The molecule has 2 aromatic rings. The average Bonchev–Trinajstić information content (AvgIpc) is 3.02. The summed E-state index contributed by atoms with van der Waals surface area (Å²) in [5, 5.41) is 3.33. The molecule has 1 saturated carbocycles. The number of rotatable bonds is 3. The largest absolute Gasteiger partial charge is 0.370 e. The Bertz CT molecular complexity index is 681. The van der Waals surface area contributed by atoms with E-state index < -0.39 is 0 Å². The molecule has 102 valence electrons. The van der Waals surface area contributed by atoms with Crippen LogP contribution in [-0.2, 0) is 18.0 Å². The van der Waals surface area contributed by atoms with Gasteiger partial charge in [0.25, 0.3) is 5.91 Å². The maximum absolute atomic E-state index is 12.2. The van der Waals surface area contributed by atoms with Gasteiger partial charge in [0.15, 0.2) is 0 Å². The van der Waals surface area contributed by atoms with Crippen molar-refractivity contribution in [1.82, 2.24) is 14.3 Å². The van der Waals surface area contributed by atoms with E-state index in [1.807, 2.05) is 6.07 Å². The fourth-order valence-electron chi connectivity index (χ4n) is 2.14. The van der Waals surface area contributed by atoms with Gasteiger partial charge in [0.05, 0.1) is 24.5 Å². The summed E-state index contributed by atoms with van der Waals surface area (Å²) in [7, 11) is 0. The van der Waals surface area contributed by atoms with Crippen LogP contribution in [0.2, 0.25) is 0 Å². The van der Waals surface area contributed by atoms with Gasteiger partial charge in [-0.05, 0) is 18.9 Å².